The van der Waals surface area contributed by atoms with Gasteiger partial charge >= 0.3 is 5.97 Å². The zero-order valence-corrected chi connectivity index (χ0v) is 15.2. The van der Waals surface area contributed by atoms with Gasteiger partial charge in [0.25, 0.3) is 0 Å². The average molecular weight is 362 g/mol. The first-order chi connectivity index (χ1) is 13.8. The molecule has 4 aromatic rings. The molecule has 2 heteroatoms. The Morgan fingerprint density at radius 1 is 0.607 bits per heavy atom. The minimum atomic E-state index is -0.401. The van der Waals surface area contributed by atoms with Gasteiger partial charge in [0, 0.05) is 11.1 Å². The van der Waals surface area contributed by atoms with Gasteiger partial charge in [-0.2, -0.15) is 0 Å². The number of carbonyl (C=O) groups excluding carboxylic acids is 1. The van der Waals surface area contributed by atoms with Crippen LogP contribution < -0.4 is 4.74 Å². The number of hydrogen-bond donors (Lipinski definition) is 0. The highest BCUT2D eigenvalue weighted by Gasteiger charge is 2.36. The van der Waals surface area contributed by atoms with E-state index in [0.717, 1.165) is 33.4 Å². The molecule has 5 rings (SSSR count). The van der Waals surface area contributed by atoms with Gasteiger partial charge in [-0.15, -0.1) is 0 Å². The Balaban J connectivity index is 1.76. The van der Waals surface area contributed by atoms with Crippen LogP contribution >= 0.6 is 0 Å². The molecule has 1 aliphatic heterocycles. The first-order valence-electron chi connectivity index (χ1n) is 9.37. The predicted octanol–water partition coefficient (Wildman–Crippen LogP) is 6.07. The van der Waals surface area contributed by atoms with E-state index < -0.39 is 5.92 Å². The first-order valence-corrected chi connectivity index (χ1v) is 9.37. The van der Waals surface area contributed by atoms with Crippen LogP contribution in [0.3, 0.4) is 0 Å². The van der Waals surface area contributed by atoms with E-state index in [1.807, 2.05) is 78.9 Å². The first kappa shape index (κ1) is 16.5. The van der Waals surface area contributed by atoms with E-state index in [4.69, 9.17) is 4.74 Å². The van der Waals surface area contributed by atoms with E-state index in [2.05, 4.69) is 24.3 Å². The monoisotopic (exact) mass is 362 g/mol. The van der Waals surface area contributed by atoms with Crippen molar-refractivity contribution in [1.82, 2.24) is 0 Å². The molecule has 0 radical (unpaired) electrons. The number of rotatable bonds is 3. The maximum absolute atomic E-state index is 12.8. The minimum absolute atomic E-state index is 0.219. The Hall–Kier alpha value is -3.65. The van der Waals surface area contributed by atoms with Crippen LogP contribution in [0.25, 0.3) is 22.3 Å². The van der Waals surface area contributed by atoms with Crippen LogP contribution in [0.15, 0.2) is 103 Å². The highest BCUT2D eigenvalue weighted by Crippen LogP contribution is 2.47. The third-order valence-electron chi connectivity index (χ3n) is 5.19. The van der Waals surface area contributed by atoms with Crippen LogP contribution in [0.4, 0.5) is 0 Å². The number of benzene rings is 4. The number of hydrogen-bond acceptors (Lipinski definition) is 2. The molecule has 1 heterocycles. The molecule has 28 heavy (non-hydrogen) atoms. The summed E-state index contributed by atoms with van der Waals surface area (Å²) in [6.07, 6.45) is 0. The second-order valence-electron chi connectivity index (χ2n) is 6.94. The van der Waals surface area contributed by atoms with Crippen molar-refractivity contribution in [3.63, 3.8) is 0 Å². The van der Waals surface area contributed by atoms with E-state index in [0.29, 0.717) is 5.75 Å². The van der Waals surface area contributed by atoms with Crippen LogP contribution in [0.1, 0.15) is 17.0 Å². The van der Waals surface area contributed by atoms with Gasteiger partial charge < -0.3 is 4.74 Å². The number of esters is 1. The zero-order valence-electron chi connectivity index (χ0n) is 15.2. The van der Waals surface area contributed by atoms with Crippen molar-refractivity contribution in [3.8, 4) is 28.0 Å². The molecule has 1 unspecified atom stereocenters. The largest absolute Gasteiger partial charge is 0.425 e. The highest BCUT2D eigenvalue weighted by atomic mass is 16.5. The smallest absolute Gasteiger partial charge is 0.323 e. The second kappa shape index (κ2) is 6.82. The summed E-state index contributed by atoms with van der Waals surface area (Å²) in [5, 5.41) is 0. The standard InChI is InChI=1S/C26H18O2/c27-26-24(20-14-8-3-9-15-20)23-17-21(18-10-4-1-5-11-18)16-22(25(23)28-26)19-12-6-2-7-13-19/h1-17,24H. The Morgan fingerprint density at radius 2 is 1.18 bits per heavy atom. The van der Waals surface area contributed by atoms with E-state index in [-0.39, 0.29) is 5.97 Å². The summed E-state index contributed by atoms with van der Waals surface area (Å²) in [6, 6.07) is 34.4. The Labute approximate surface area is 164 Å². The van der Waals surface area contributed by atoms with Crippen molar-refractivity contribution in [1.29, 1.82) is 0 Å². The van der Waals surface area contributed by atoms with E-state index >= 15 is 0 Å². The molecule has 0 bridgehead atoms. The van der Waals surface area contributed by atoms with Gasteiger partial charge in [-0.05, 0) is 34.4 Å². The van der Waals surface area contributed by atoms with Crippen molar-refractivity contribution in [2.24, 2.45) is 0 Å². The van der Waals surface area contributed by atoms with Gasteiger partial charge in [-0.3, -0.25) is 4.79 Å². The second-order valence-corrected chi connectivity index (χ2v) is 6.94. The van der Waals surface area contributed by atoms with Crippen molar-refractivity contribution in [2.75, 3.05) is 0 Å². The fourth-order valence-corrected chi connectivity index (χ4v) is 3.86. The molecule has 0 fully saturated rings. The lowest BCUT2D eigenvalue weighted by molar-refractivity contribution is -0.133. The van der Waals surface area contributed by atoms with Crippen molar-refractivity contribution in [3.05, 3.63) is 114 Å². The number of fused-ring (bicyclic) bond motifs is 1. The molecule has 1 aliphatic rings. The molecule has 0 amide bonds. The maximum Gasteiger partial charge on any atom is 0.323 e. The van der Waals surface area contributed by atoms with Gasteiger partial charge in [0.05, 0.1) is 0 Å². The Bertz CT molecular complexity index is 1130. The summed E-state index contributed by atoms with van der Waals surface area (Å²) < 4.78 is 5.81. The number of carbonyl (C=O) groups is 1. The van der Waals surface area contributed by atoms with E-state index in [9.17, 15) is 4.79 Å². The Kier molecular flexibility index (Phi) is 4.02. The van der Waals surface area contributed by atoms with Gasteiger partial charge in [-0.25, -0.2) is 0 Å². The third kappa shape index (κ3) is 2.80. The van der Waals surface area contributed by atoms with Crippen LogP contribution in [-0.2, 0) is 4.79 Å². The fourth-order valence-electron chi connectivity index (χ4n) is 3.86. The quantitative estimate of drug-likeness (QED) is 0.326. The van der Waals surface area contributed by atoms with E-state index in [1.54, 1.807) is 0 Å². The lowest BCUT2D eigenvalue weighted by Crippen LogP contribution is -2.11. The molecule has 1 atom stereocenters. The van der Waals surface area contributed by atoms with Crippen LogP contribution in [0.5, 0.6) is 5.75 Å². The molecular formula is C26H18O2. The van der Waals surface area contributed by atoms with Crippen LogP contribution in [0.2, 0.25) is 0 Å². The topological polar surface area (TPSA) is 26.3 Å². The summed E-state index contributed by atoms with van der Waals surface area (Å²) in [4.78, 5) is 12.8. The normalized spacial score (nSPS) is 15.1. The molecule has 134 valence electrons. The third-order valence-corrected chi connectivity index (χ3v) is 5.19. The van der Waals surface area contributed by atoms with Crippen molar-refractivity contribution < 1.29 is 9.53 Å². The summed E-state index contributed by atoms with van der Waals surface area (Å²) in [5.74, 6) is 0.0515. The molecule has 0 N–H and O–H groups in total. The summed E-state index contributed by atoms with van der Waals surface area (Å²) >= 11 is 0. The van der Waals surface area contributed by atoms with Gasteiger partial charge in [0.1, 0.15) is 11.7 Å². The Morgan fingerprint density at radius 3 is 1.82 bits per heavy atom. The SMILES string of the molecule is O=C1Oc2c(-c3ccccc3)cc(-c3ccccc3)cc2C1c1ccccc1. The highest BCUT2D eigenvalue weighted by molar-refractivity contribution is 5.95. The molecule has 0 aliphatic carbocycles. The van der Waals surface area contributed by atoms with Crippen molar-refractivity contribution in [2.45, 2.75) is 5.92 Å². The molecule has 0 saturated carbocycles. The lowest BCUT2D eigenvalue weighted by Gasteiger charge is -2.13. The summed E-state index contributed by atoms with van der Waals surface area (Å²) in [7, 11) is 0. The minimum Gasteiger partial charge on any atom is -0.425 e. The maximum atomic E-state index is 12.8. The van der Waals surface area contributed by atoms with Crippen LogP contribution in [0, 0.1) is 0 Å². The molecular weight excluding hydrogens is 344 g/mol. The summed E-state index contributed by atoms with van der Waals surface area (Å²) in [5.41, 5.74) is 6.07. The zero-order chi connectivity index (χ0) is 18.9. The van der Waals surface area contributed by atoms with Gasteiger partial charge in [-0.1, -0.05) is 91.0 Å². The van der Waals surface area contributed by atoms with Gasteiger partial charge in [0.2, 0.25) is 0 Å². The molecule has 4 aromatic carbocycles. The van der Waals surface area contributed by atoms with Crippen LogP contribution in [-0.4, -0.2) is 5.97 Å². The number of ether oxygens (including phenoxy) is 1. The molecule has 2 nitrogen and oxygen atoms in total. The van der Waals surface area contributed by atoms with Crippen molar-refractivity contribution >= 4 is 5.97 Å². The molecule has 0 saturated heterocycles. The summed E-state index contributed by atoms with van der Waals surface area (Å²) in [6.45, 7) is 0. The average Bonchev–Trinajstić information content (AvgIpc) is 3.10. The lowest BCUT2D eigenvalue weighted by atomic mass is 9.87. The van der Waals surface area contributed by atoms with E-state index in [1.165, 1.54) is 0 Å². The fraction of sp³-hybridized carbons (Fsp3) is 0.0385. The van der Waals surface area contributed by atoms with Gasteiger partial charge in [0.15, 0.2) is 0 Å². The predicted molar refractivity (Wildman–Crippen MR) is 111 cm³/mol. The molecule has 0 spiro atoms. The molecule has 0 aromatic heterocycles.